The molecule has 7 heteroatoms. The quantitative estimate of drug-likeness (QED) is 0.358. The van der Waals surface area contributed by atoms with E-state index in [0.29, 0.717) is 0 Å². The van der Waals surface area contributed by atoms with Gasteiger partial charge in [0.2, 0.25) is 0 Å². The second-order valence-corrected chi connectivity index (χ2v) is 5.26. The molecule has 0 atom stereocenters. The van der Waals surface area contributed by atoms with Crippen LogP contribution in [0.15, 0.2) is 0 Å². The summed E-state index contributed by atoms with van der Waals surface area (Å²) in [6, 6.07) is 0. The summed E-state index contributed by atoms with van der Waals surface area (Å²) in [7, 11) is 0. The predicted octanol–water partition coefficient (Wildman–Crippen LogP) is 2.90. The fourth-order valence-electron chi connectivity index (χ4n) is 1.74. The third-order valence-electron chi connectivity index (χ3n) is 2.97. The van der Waals surface area contributed by atoms with Gasteiger partial charge >= 0.3 is 11.9 Å². The van der Waals surface area contributed by atoms with Crippen molar-refractivity contribution in [3.05, 3.63) is 0 Å². The van der Waals surface area contributed by atoms with E-state index in [-0.39, 0.29) is 25.5 Å². The first-order chi connectivity index (χ1) is 10.5. The first-order valence-electron chi connectivity index (χ1n) is 8.39. The predicted molar refractivity (Wildman–Crippen MR) is 96.5 cm³/mol. The first kappa shape index (κ1) is 27.0. The number of carboxylic acid groups (broad SMARTS) is 2. The second-order valence-electron chi connectivity index (χ2n) is 5.26. The molecule has 0 radical (unpaired) electrons. The summed E-state index contributed by atoms with van der Waals surface area (Å²) >= 11 is 0. The van der Waals surface area contributed by atoms with Gasteiger partial charge in [-0.3, -0.25) is 9.59 Å². The van der Waals surface area contributed by atoms with Crippen LogP contribution in [0.1, 0.15) is 65.2 Å². The van der Waals surface area contributed by atoms with E-state index in [1.54, 1.807) is 0 Å². The van der Waals surface area contributed by atoms with Gasteiger partial charge in [0.05, 0.1) is 13.1 Å². The first-order valence-corrected chi connectivity index (χ1v) is 8.39. The summed E-state index contributed by atoms with van der Waals surface area (Å²) in [5, 5.41) is 22.2. The van der Waals surface area contributed by atoms with Crippen LogP contribution in [0.25, 0.3) is 0 Å². The van der Waals surface area contributed by atoms with Crippen LogP contribution in [0.5, 0.6) is 0 Å². The largest absolute Gasteiger partial charge is 0.480 e. The molecule has 0 aromatic heterocycles. The minimum atomic E-state index is -0.777. The van der Waals surface area contributed by atoms with Crippen LogP contribution >= 0.6 is 12.4 Å². The molecule has 0 amide bonds. The number of hydrogen-bond acceptors (Lipinski definition) is 4. The number of rotatable bonds is 14. The topological polar surface area (TPSA) is 98.7 Å². The molecule has 23 heavy (non-hydrogen) atoms. The maximum atomic E-state index is 10.0. The van der Waals surface area contributed by atoms with E-state index >= 15 is 0 Å². The molecule has 140 valence electrons. The zero-order chi connectivity index (χ0) is 17.1. The van der Waals surface area contributed by atoms with Gasteiger partial charge in [0, 0.05) is 0 Å². The van der Waals surface area contributed by atoms with Crippen LogP contribution < -0.4 is 10.6 Å². The molecule has 0 bridgehead atoms. The Morgan fingerprint density at radius 2 is 1.04 bits per heavy atom. The Morgan fingerprint density at radius 1 is 0.696 bits per heavy atom. The van der Waals surface area contributed by atoms with Crippen molar-refractivity contribution in [3.8, 4) is 0 Å². The Kier molecular flexibility index (Phi) is 27.5. The molecule has 0 aromatic carbocycles. The molecule has 0 spiro atoms. The fourth-order valence-corrected chi connectivity index (χ4v) is 1.74. The third kappa shape index (κ3) is 33.8. The Bertz CT molecular complexity index is 240. The second kappa shape index (κ2) is 23.4. The van der Waals surface area contributed by atoms with Gasteiger partial charge in [-0.15, -0.1) is 12.4 Å². The lowest BCUT2D eigenvalue weighted by atomic mass is 10.2. The zero-order valence-corrected chi connectivity index (χ0v) is 15.4. The number of carboxylic acids is 2. The van der Waals surface area contributed by atoms with Crippen molar-refractivity contribution in [1.29, 1.82) is 0 Å². The fraction of sp³-hybridized carbons (Fsp3) is 0.875. The lowest BCUT2D eigenvalue weighted by Gasteiger charge is -1.99. The lowest BCUT2D eigenvalue weighted by molar-refractivity contribution is -0.136. The normalized spacial score (nSPS) is 9.48. The summed E-state index contributed by atoms with van der Waals surface area (Å²) in [5.74, 6) is -1.55. The van der Waals surface area contributed by atoms with Crippen LogP contribution in [-0.4, -0.2) is 48.3 Å². The molecule has 0 aliphatic rings. The van der Waals surface area contributed by atoms with Gasteiger partial charge in [-0.05, 0) is 25.9 Å². The van der Waals surface area contributed by atoms with Crippen molar-refractivity contribution >= 4 is 24.3 Å². The van der Waals surface area contributed by atoms with Crippen LogP contribution in [0, 0.1) is 0 Å². The van der Waals surface area contributed by atoms with Crippen molar-refractivity contribution in [2.45, 2.75) is 65.2 Å². The highest BCUT2D eigenvalue weighted by Gasteiger charge is 1.94. The van der Waals surface area contributed by atoms with Gasteiger partial charge in [0.1, 0.15) is 0 Å². The van der Waals surface area contributed by atoms with E-state index in [2.05, 4.69) is 24.5 Å². The minimum absolute atomic E-state index is 0. The summed E-state index contributed by atoms with van der Waals surface area (Å²) in [4.78, 5) is 20.1. The molecule has 0 aromatic rings. The molecule has 0 aliphatic heterocycles. The highest BCUT2D eigenvalue weighted by molar-refractivity contribution is 5.85. The van der Waals surface area contributed by atoms with Gasteiger partial charge in [-0.25, -0.2) is 0 Å². The average Bonchev–Trinajstić information content (AvgIpc) is 2.46. The van der Waals surface area contributed by atoms with Crippen LogP contribution in [0.4, 0.5) is 0 Å². The summed E-state index contributed by atoms with van der Waals surface area (Å²) < 4.78 is 0. The minimum Gasteiger partial charge on any atom is -0.480 e. The summed E-state index contributed by atoms with van der Waals surface area (Å²) in [6.45, 7) is 6.15. The van der Waals surface area contributed by atoms with E-state index < -0.39 is 11.9 Å². The molecular formula is C16H35ClN2O4. The molecule has 6 nitrogen and oxygen atoms in total. The van der Waals surface area contributed by atoms with Crippen LogP contribution in [0.2, 0.25) is 0 Å². The van der Waals surface area contributed by atoms with Gasteiger partial charge in [-0.1, -0.05) is 52.4 Å². The maximum absolute atomic E-state index is 10.0. The van der Waals surface area contributed by atoms with E-state index in [1.165, 1.54) is 38.5 Å². The molecule has 0 saturated carbocycles. The van der Waals surface area contributed by atoms with Crippen LogP contribution in [-0.2, 0) is 9.59 Å². The third-order valence-corrected chi connectivity index (χ3v) is 2.97. The monoisotopic (exact) mass is 354 g/mol. The van der Waals surface area contributed by atoms with Crippen molar-refractivity contribution < 1.29 is 19.8 Å². The summed E-state index contributed by atoms with van der Waals surface area (Å²) in [5.41, 5.74) is 0. The molecule has 0 heterocycles. The highest BCUT2D eigenvalue weighted by atomic mass is 35.5. The SMILES string of the molecule is CCCCCCNCC(=O)O.CCCCCCNCC(=O)O.Cl. The standard InChI is InChI=1S/2C8H17NO2.ClH/c2*1-2-3-4-5-6-9-7-8(10)11;/h2*9H,2-7H2,1H3,(H,10,11);1H. The number of carbonyl (C=O) groups is 2. The van der Waals surface area contributed by atoms with Crippen molar-refractivity contribution in [2.75, 3.05) is 26.2 Å². The molecule has 0 aliphatic carbocycles. The number of unbranched alkanes of at least 4 members (excludes halogenated alkanes) is 6. The Hall–Kier alpha value is -0.850. The molecular weight excluding hydrogens is 320 g/mol. The van der Waals surface area contributed by atoms with Crippen molar-refractivity contribution in [1.82, 2.24) is 10.6 Å². The molecule has 4 N–H and O–H groups in total. The molecule has 0 rings (SSSR count). The number of halogens is 1. The van der Waals surface area contributed by atoms with E-state index in [1.807, 2.05) is 0 Å². The zero-order valence-electron chi connectivity index (χ0n) is 14.6. The average molecular weight is 355 g/mol. The molecule has 0 fully saturated rings. The van der Waals surface area contributed by atoms with E-state index in [9.17, 15) is 9.59 Å². The summed E-state index contributed by atoms with van der Waals surface area (Å²) in [6.07, 6.45) is 9.50. The number of hydrogen-bond donors (Lipinski definition) is 4. The van der Waals surface area contributed by atoms with Crippen molar-refractivity contribution in [2.24, 2.45) is 0 Å². The van der Waals surface area contributed by atoms with Gasteiger partial charge in [-0.2, -0.15) is 0 Å². The number of nitrogens with one attached hydrogen (secondary N) is 2. The Morgan fingerprint density at radius 3 is 1.30 bits per heavy atom. The van der Waals surface area contributed by atoms with Gasteiger partial charge in [0.25, 0.3) is 0 Å². The van der Waals surface area contributed by atoms with Gasteiger partial charge < -0.3 is 20.8 Å². The number of aliphatic carboxylic acids is 2. The Balaban J connectivity index is -0.000000333. The van der Waals surface area contributed by atoms with E-state index in [0.717, 1.165) is 25.9 Å². The maximum Gasteiger partial charge on any atom is 0.317 e. The Labute approximate surface area is 146 Å². The highest BCUT2D eigenvalue weighted by Crippen LogP contribution is 1.97. The van der Waals surface area contributed by atoms with Crippen molar-refractivity contribution in [3.63, 3.8) is 0 Å². The van der Waals surface area contributed by atoms with E-state index in [4.69, 9.17) is 10.2 Å². The molecule has 0 unspecified atom stereocenters. The lowest BCUT2D eigenvalue weighted by Crippen LogP contribution is -2.23. The molecule has 0 saturated heterocycles. The smallest absolute Gasteiger partial charge is 0.317 e. The van der Waals surface area contributed by atoms with Crippen LogP contribution in [0.3, 0.4) is 0 Å². The van der Waals surface area contributed by atoms with Gasteiger partial charge in [0.15, 0.2) is 0 Å².